The molecule has 0 spiro atoms. The van der Waals surface area contributed by atoms with Crippen molar-refractivity contribution in [3.05, 3.63) is 24.3 Å². The number of nitrogens with zero attached hydrogens (tertiary/aromatic N) is 3. The van der Waals surface area contributed by atoms with Gasteiger partial charge in [-0.15, -0.1) is 0 Å². The molecule has 2 aliphatic heterocycles. The fourth-order valence-electron chi connectivity index (χ4n) is 4.60. The molecule has 164 valence electrons. The lowest BCUT2D eigenvalue weighted by Gasteiger charge is -2.41. The van der Waals surface area contributed by atoms with E-state index in [9.17, 15) is 9.59 Å². The maximum atomic E-state index is 12.6. The van der Waals surface area contributed by atoms with Gasteiger partial charge in [-0.1, -0.05) is 27.2 Å². The first-order chi connectivity index (χ1) is 14.3. The van der Waals surface area contributed by atoms with E-state index >= 15 is 0 Å². The minimum atomic E-state index is -0.463. The number of ether oxygens (including phenoxy) is 1. The fraction of sp³-hybridized carbons (Fsp3) is 0.667. The maximum absolute atomic E-state index is 12.6. The largest absolute Gasteiger partial charge is 0.490 e. The molecule has 2 heterocycles. The number of anilines is 1. The molecule has 0 atom stereocenters. The van der Waals surface area contributed by atoms with Gasteiger partial charge in [0, 0.05) is 43.3 Å². The minimum absolute atomic E-state index is 0.0302. The van der Waals surface area contributed by atoms with E-state index in [0.29, 0.717) is 13.1 Å². The van der Waals surface area contributed by atoms with Crippen LogP contribution in [0, 0.1) is 5.41 Å². The lowest BCUT2D eigenvalue weighted by molar-refractivity contribution is -0.143. The number of hydrogen-bond donors (Lipinski definition) is 0. The zero-order valence-electron chi connectivity index (χ0n) is 18.6. The Bertz CT molecular complexity index is 759. The van der Waals surface area contributed by atoms with Crippen LogP contribution in [-0.2, 0) is 9.59 Å². The van der Waals surface area contributed by atoms with Gasteiger partial charge in [0.15, 0.2) is 0 Å². The van der Waals surface area contributed by atoms with Crippen molar-refractivity contribution in [3.63, 3.8) is 0 Å². The number of benzene rings is 1. The number of rotatable bonds is 4. The lowest BCUT2D eigenvalue weighted by atomic mass is 9.90. The van der Waals surface area contributed by atoms with Gasteiger partial charge < -0.3 is 19.4 Å². The van der Waals surface area contributed by atoms with Crippen LogP contribution in [0.4, 0.5) is 5.69 Å². The molecule has 3 aliphatic rings. The van der Waals surface area contributed by atoms with Crippen LogP contribution in [-0.4, -0.2) is 66.5 Å². The van der Waals surface area contributed by atoms with Crippen molar-refractivity contribution >= 4 is 17.5 Å². The van der Waals surface area contributed by atoms with Crippen molar-refractivity contribution in [3.8, 4) is 5.75 Å². The topological polar surface area (TPSA) is 53.1 Å². The van der Waals surface area contributed by atoms with E-state index < -0.39 is 5.41 Å². The highest BCUT2D eigenvalue weighted by molar-refractivity contribution is 5.98. The standard InChI is InChI=1S/C24H35N3O3/c1-24(2,3)23(29)26-15-16-27(22(28)17-26)19-7-9-20(10-8-19)30-21-11-13-25(14-12-21)18-5-4-6-18/h7-10,18,21H,4-6,11-17H2,1-3H3. The lowest BCUT2D eigenvalue weighted by Crippen LogP contribution is -2.54. The van der Waals surface area contributed by atoms with Gasteiger partial charge >= 0.3 is 0 Å². The molecule has 6 nitrogen and oxygen atoms in total. The highest BCUT2D eigenvalue weighted by Gasteiger charge is 2.33. The van der Waals surface area contributed by atoms with E-state index in [1.165, 1.54) is 19.3 Å². The molecule has 0 radical (unpaired) electrons. The van der Waals surface area contributed by atoms with Crippen LogP contribution in [0.25, 0.3) is 0 Å². The van der Waals surface area contributed by atoms with E-state index in [2.05, 4.69) is 4.90 Å². The van der Waals surface area contributed by atoms with Crippen LogP contribution in [0.5, 0.6) is 5.75 Å². The highest BCUT2D eigenvalue weighted by Crippen LogP contribution is 2.29. The number of likely N-dealkylation sites (tertiary alicyclic amines) is 1. The zero-order chi connectivity index (χ0) is 21.3. The normalized spacial score (nSPS) is 22.2. The van der Waals surface area contributed by atoms with E-state index in [1.54, 1.807) is 9.80 Å². The number of carbonyl (C=O) groups excluding carboxylic acids is 2. The number of piperidine rings is 1. The molecule has 6 heteroatoms. The molecule has 1 aliphatic carbocycles. The Kier molecular flexibility index (Phi) is 6.05. The third-order valence-electron chi connectivity index (χ3n) is 6.67. The number of piperazine rings is 1. The number of carbonyl (C=O) groups is 2. The fourth-order valence-corrected chi connectivity index (χ4v) is 4.60. The highest BCUT2D eigenvalue weighted by atomic mass is 16.5. The maximum Gasteiger partial charge on any atom is 0.246 e. The number of amides is 2. The number of hydrogen-bond acceptors (Lipinski definition) is 4. The summed E-state index contributed by atoms with van der Waals surface area (Å²) in [4.78, 5) is 31.2. The summed E-state index contributed by atoms with van der Waals surface area (Å²) in [5.74, 6) is 0.869. The van der Waals surface area contributed by atoms with Gasteiger partial charge in [0.05, 0.1) is 0 Å². The Labute approximate surface area is 180 Å². The van der Waals surface area contributed by atoms with Gasteiger partial charge in [0.2, 0.25) is 11.8 Å². The molecule has 3 fully saturated rings. The van der Waals surface area contributed by atoms with E-state index in [0.717, 1.165) is 43.4 Å². The molecule has 0 unspecified atom stereocenters. The van der Waals surface area contributed by atoms with Crippen molar-refractivity contribution in [2.75, 3.05) is 37.6 Å². The summed E-state index contributed by atoms with van der Waals surface area (Å²) < 4.78 is 6.21. The van der Waals surface area contributed by atoms with Gasteiger partial charge in [-0.3, -0.25) is 9.59 Å². The first kappa shape index (κ1) is 21.2. The summed E-state index contributed by atoms with van der Waals surface area (Å²) in [5.41, 5.74) is 0.408. The Morgan fingerprint density at radius 3 is 2.17 bits per heavy atom. The third-order valence-corrected chi connectivity index (χ3v) is 6.67. The minimum Gasteiger partial charge on any atom is -0.490 e. The molecule has 0 N–H and O–H groups in total. The zero-order valence-corrected chi connectivity index (χ0v) is 18.6. The summed E-state index contributed by atoms with van der Waals surface area (Å²) >= 11 is 0. The molecule has 0 aromatic heterocycles. The van der Waals surface area contributed by atoms with Crippen LogP contribution in [0.2, 0.25) is 0 Å². The summed E-state index contributed by atoms with van der Waals surface area (Å²) in [6.45, 7) is 9.19. The molecule has 2 amide bonds. The summed E-state index contributed by atoms with van der Waals surface area (Å²) in [7, 11) is 0. The first-order valence-electron chi connectivity index (χ1n) is 11.4. The monoisotopic (exact) mass is 413 g/mol. The van der Waals surface area contributed by atoms with Gasteiger partial charge in [0.25, 0.3) is 0 Å². The smallest absolute Gasteiger partial charge is 0.246 e. The van der Waals surface area contributed by atoms with Crippen LogP contribution >= 0.6 is 0 Å². The molecule has 0 bridgehead atoms. The Hall–Kier alpha value is -2.08. The predicted molar refractivity (Wildman–Crippen MR) is 118 cm³/mol. The quantitative estimate of drug-likeness (QED) is 0.760. The Balaban J connectivity index is 1.29. The predicted octanol–water partition coefficient (Wildman–Crippen LogP) is 3.30. The molecular weight excluding hydrogens is 378 g/mol. The van der Waals surface area contributed by atoms with Crippen LogP contribution in [0.15, 0.2) is 24.3 Å². The second kappa shape index (κ2) is 8.58. The summed E-state index contributed by atoms with van der Waals surface area (Å²) in [6.07, 6.45) is 6.56. The Morgan fingerprint density at radius 1 is 0.967 bits per heavy atom. The second-order valence-electron chi connectivity index (χ2n) is 9.95. The van der Waals surface area contributed by atoms with Gasteiger partial charge in [-0.05, 0) is 49.9 Å². The van der Waals surface area contributed by atoms with Crippen molar-refractivity contribution in [2.45, 2.75) is 65.0 Å². The van der Waals surface area contributed by atoms with Crippen molar-refractivity contribution in [1.29, 1.82) is 0 Å². The first-order valence-corrected chi connectivity index (χ1v) is 11.4. The SMILES string of the molecule is CC(C)(C)C(=O)N1CCN(c2ccc(OC3CCN(C4CCC4)CC3)cc2)C(=O)C1. The molecule has 2 saturated heterocycles. The summed E-state index contributed by atoms with van der Waals surface area (Å²) in [5, 5.41) is 0. The van der Waals surface area contributed by atoms with Crippen LogP contribution in [0.3, 0.4) is 0 Å². The molecule has 30 heavy (non-hydrogen) atoms. The van der Waals surface area contributed by atoms with E-state index in [4.69, 9.17) is 4.74 Å². The summed E-state index contributed by atoms with van der Waals surface area (Å²) in [6, 6.07) is 8.67. The molecule has 1 aromatic rings. The van der Waals surface area contributed by atoms with Crippen molar-refractivity contribution in [1.82, 2.24) is 9.80 Å². The van der Waals surface area contributed by atoms with Gasteiger partial charge in [-0.25, -0.2) is 0 Å². The average molecular weight is 414 g/mol. The third kappa shape index (κ3) is 4.64. The van der Waals surface area contributed by atoms with E-state index in [1.807, 2.05) is 45.0 Å². The second-order valence-corrected chi connectivity index (χ2v) is 9.95. The molecular formula is C24H35N3O3. The average Bonchev–Trinajstić information content (AvgIpc) is 2.67. The van der Waals surface area contributed by atoms with Crippen LogP contribution < -0.4 is 9.64 Å². The van der Waals surface area contributed by atoms with Gasteiger partial charge in [-0.2, -0.15) is 0 Å². The molecule has 1 aromatic carbocycles. The molecule has 4 rings (SSSR count). The molecule has 1 saturated carbocycles. The van der Waals surface area contributed by atoms with Crippen LogP contribution in [0.1, 0.15) is 52.9 Å². The van der Waals surface area contributed by atoms with Crippen molar-refractivity contribution < 1.29 is 14.3 Å². The van der Waals surface area contributed by atoms with Crippen molar-refractivity contribution in [2.24, 2.45) is 5.41 Å². The van der Waals surface area contributed by atoms with Gasteiger partial charge in [0.1, 0.15) is 18.4 Å². The van der Waals surface area contributed by atoms with E-state index in [-0.39, 0.29) is 24.5 Å². The Morgan fingerprint density at radius 2 is 1.63 bits per heavy atom.